The minimum Gasteiger partial charge on any atom is -0.381 e. The summed E-state index contributed by atoms with van der Waals surface area (Å²) < 4.78 is 48.0. The van der Waals surface area contributed by atoms with Crippen molar-refractivity contribution in [1.29, 1.82) is 0 Å². The molecule has 1 atom stereocenters. The van der Waals surface area contributed by atoms with Crippen molar-refractivity contribution in [3.05, 3.63) is 36.1 Å². The Morgan fingerprint density at radius 1 is 1.05 bits per heavy atom. The monoisotopic (exact) mass is 532 g/mol. The molecule has 3 aliphatic heterocycles. The highest BCUT2D eigenvalue weighted by molar-refractivity contribution is 7.89. The van der Waals surface area contributed by atoms with Gasteiger partial charge in [-0.1, -0.05) is 0 Å². The molecule has 0 unspecified atom stereocenters. The number of anilines is 4. The maximum atomic E-state index is 15.1. The zero-order chi connectivity index (χ0) is 26.3. The summed E-state index contributed by atoms with van der Waals surface area (Å²) in [6.45, 7) is 5.14. The van der Waals surface area contributed by atoms with E-state index in [9.17, 15) is 13.2 Å². The lowest BCUT2D eigenvalue weighted by Gasteiger charge is -2.44. The van der Waals surface area contributed by atoms with Gasteiger partial charge >= 0.3 is 0 Å². The summed E-state index contributed by atoms with van der Waals surface area (Å²) in [7, 11) is -0.106. The maximum Gasteiger partial charge on any atom is 0.249 e. The first-order chi connectivity index (χ1) is 17.7. The largest absolute Gasteiger partial charge is 0.381 e. The van der Waals surface area contributed by atoms with Gasteiger partial charge in [-0.05, 0) is 57.1 Å². The predicted octanol–water partition coefficient (Wildman–Crippen LogP) is 2.25. The summed E-state index contributed by atoms with van der Waals surface area (Å²) in [6.07, 6.45) is 1.58. The van der Waals surface area contributed by atoms with Gasteiger partial charge in [-0.2, -0.15) is 4.31 Å². The van der Waals surface area contributed by atoms with Crippen LogP contribution in [0.25, 0.3) is 0 Å². The van der Waals surface area contributed by atoms with Gasteiger partial charge in [-0.15, -0.1) is 0 Å². The lowest BCUT2D eigenvalue weighted by atomic mass is 10.0. The first-order valence-corrected chi connectivity index (χ1v) is 14.0. The molecule has 5 rings (SSSR count). The Bertz CT molecular complexity index is 1280. The second-order valence-corrected chi connectivity index (χ2v) is 11.8. The summed E-state index contributed by atoms with van der Waals surface area (Å²) >= 11 is 0. The molecule has 1 aromatic carbocycles. The number of ether oxygens (including phenoxy) is 1. The summed E-state index contributed by atoms with van der Waals surface area (Å²) in [4.78, 5) is 23.3. The summed E-state index contributed by atoms with van der Waals surface area (Å²) in [5.74, 6) is 0.363. The lowest BCUT2D eigenvalue weighted by molar-refractivity contribution is -0.119. The molecular formula is C25H33FN6O4S. The van der Waals surface area contributed by atoms with Gasteiger partial charge in [-0.25, -0.2) is 17.8 Å². The van der Waals surface area contributed by atoms with E-state index < -0.39 is 15.8 Å². The second-order valence-electron chi connectivity index (χ2n) is 9.84. The van der Waals surface area contributed by atoms with Crippen LogP contribution in [0.3, 0.4) is 0 Å². The third-order valence-corrected chi connectivity index (χ3v) is 9.35. The molecule has 1 aromatic heterocycles. The van der Waals surface area contributed by atoms with Gasteiger partial charge in [-0.3, -0.25) is 4.79 Å². The Labute approximate surface area is 217 Å². The van der Waals surface area contributed by atoms with Crippen LogP contribution in [-0.4, -0.2) is 94.1 Å². The summed E-state index contributed by atoms with van der Waals surface area (Å²) in [5.41, 5.74) is 0.810. The molecule has 0 radical (unpaired) electrons. The predicted molar refractivity (Wildman–Crippen MR) is 139 cm³/mol. The van der Waals surface area contributed by atoms with E-state index >= 15 is 4.39 Å². The fraction of sp³-hybridized carbons (Fsp3) is 0.520. The summed E-state index contributed by atoms with van der Waals surface area (Å²) in [5, 5.41) is 2.99. The van der Waals surface area contributed by atoms with Gasteiger partial charge in [0.2, 0.25) is 15.9 Å². The number of rotatable bonds is 5. The van der Waals surface area contributed by atoms with Crippen LogP contribution in [0.4, 0.5) is 27.4 Å². The number of hydrogen-bond acceptors (Lipinski definition) is 8. The third kappa shape index (κ3) is 4.90. The Kier molecular flexibility index (Phi) is 7.10. The Hall–Kier alpha value is -2.80. The van der Waals surface area contributed by atoms with Crippen LogP contribution in [0.1, 0.15) is 19.8 Å². The van der Waals surface area contributed by atoms with Crippen molar-refractivity contribution in [2.24, 2.45) is 0 Å². The molecular weight excluding hydrogens is 499 g/mol. The van der Waals surface area contributed by atoms with Crippen LogP contribution in [0.5, 0.6) is 0 Å². The number of carbonyl (C=O) groups is 1. The average molecular weight is 533 g/mol. The van der Waals surface area contributed by atoms with Crippen LogP contribution in [-0.2, 0) is 19.6 Å². The highest BCUT2D eigenvalue weighted by Crippen LogP contribution is 2.38. The van der Waals surface area contributed by atoms with E-state index in [4.69, 9.17) is 9.72 Å². The van der Waals surface area contributed by atoms with Gasteiger partial charge in [0.1, 0.15) is 17.7 Å². The number of piperazine rings is 1. The molecule has 2 fully saturated rings. The molecule has 200 valence electrons. The Balaban J connectivity index is 1.41. The number of fused-ring (bicyclic) bond motifs is 1. The van der Waals surface area contributed by atoms with E-state index in [1.807, 2.05) is 18.9 Å². The zero-order valence-corrected chi connectivity index (χ0v) is 22.2. The van der Waals surface area contributed by atoms with Crippen molar-refractivity contribution >= 4 is 38.9 Å². The number of nitrogens with zero attached hydrogens (tertiary/aromatic N) is 5. The van der Waals surface area contributed by atoms with Crippen molar-refractivity contribution < 1.29 is 22.3 Å². The number of pyridine rings is 1. The molecule has 0 spiro atoms. The number of nitrogens with one attached hydrogen (secondary N) is 1. The van der Waals surface area contributed by atoms with Crippen LogP contribution in [0.15, 0.2) is 35.2 Å². The molecule has 0 bridgehead atoms. The van der Waals surface area contributed by atoms with Crippen molar-refractivity contribution in [3.8, 4) is 0 Å². The molecule has 1 N–H and O–H groups in total. The Morgan fingerprint density at radius 3 is 2.43 bits per heavy atom. The van der Waals surface area contributed by atoms with E-state index in [0.717, 1.165) is 18.9 Å². The number of halogens is 1. The smallest absolute Gasteiger partial charge is 0.249 e. The lowest BCUT2D eigenvalue weighted by Crippen LogP contribution is -2.56. The van der Waals surface area contributed by atoms with E-state index in [0.29, 0.717) is 56.7 Å². The number of hydrogen-bond donors (Lipinski definition) is 1. The molecule has 0 aliphatic carbocycles. The van der Waals surface area contributed by atoms with Gasteiger partial charge in [0, 0.05) is 52.5 Å². The highest BCUT2D eigenvalue weighted by atomic mass is 32.2. The zero-order valence-electron chi connectivity index (χ0n) is 21.4. The van der Waals surface area contributed by atoms with Gasteiger partial charge < -0.3 is 24.8 Å². The molecule has 12 heteroatoms. The Morgan fingerprint density at radius 2 is 1.76 bits per heavy atom. The van der Waals surface area contributed by atoms with Crippen molar-refractivity contribution in [2.45, 2.75) is 36.7 Å². The number of amides is 1. The van der Waals surface area contributed by atoms with E-state index in [-0.39, 0.29) is 28.6 Å². The van der Waals surface area contributed by atoms with E-state index in [2.05, 4.69) is 10.2 Å². The molecule has 10 nitrogen and oxygen atoms in total. The van der Waals surface area contributed by atoms with E-state index in [1.54, 1.807) is 24.1 Å². The fourth-order valence-electron chi connectivity index (χ4n) is 5.19. The summed E-state index contributed by atoms with van der Waals surface area (Å²) in [6, 6.07) is 7.10. The minimum atomic E-state index is -3.78. The normalized spacial score (nSPS) is 22.3. The fourth-order valence-corrected chi connectivity index (χ4v) is 6.62. The van der Waals surface area contributed by atoms with Gasteiger partial charge in [0.15, 0.2) is 5.82 Å². The molecule has 2 saturated heterocycles. The van der Waals surface area contributed by atoms with Crippen LogP contribution in [0.2, 0.25) is 0 Å². The van der Waals surface area contributed by atoms with Gasteiger partial charge in [0.05, 0.1) is 16.3 Å². The quantitative estimate of drug-likeness (QED) is 0.626. The number of likely N-dealkylation sites (N-methyl/N-ethyl adjacent to an activating group) is 2. The number of carbonyl (C=O) groups excluding carboxylic acids is 1. The first-order valence-electron chi connectivity index (χ1n) is 12.6. The molecule has 4 heterocycles. The number of aromatic nitrogens is 1. The molecule has 37 heavy (non-hydrogen) atoms. The van der Waals surface area contributed by atoms with E-state index in [1.165, 1.54) is 16.4 Å². The molecule has 1 amide bonds. The SMILES string of the molecule is C[C@@H]1C(=O)N(C)c2ccc(Nc3ccc(S(=O)(=O)N4CCN(C)CC4)cc3F)nc2N1C1CCOCC1. The molecule has 2 aromatic rings. The van der Waals surface area contributed by atoms with Crippen molar-refractivity contribution in [3.63, 3.8) is 0 Å². The van der Waals surface area contributed by atoms with Crippen LogP contribution < -0.4 is 15.1 Å². The number of sulfonamides is 1. The molecule has 3 aliphatic rings. The van der Waals surface area contributed by atoms with Crippen LogP contribution in [0, 0.1) is 5.82 Å². The topological polar surface area (TPSA) is 98.3 Å². The first kappa shape index (κ1) is 25.8. The average Bonchev–Trinajstić information content (AvgIpc) is 2.89. The molecule has 0 saturated carbocycles. The minimum absolute atomic E-state index is 0.00954. The third-order valence-electron chi connectivity index (χ3n) is 7.45. The van der Waals surface area contributed by atoms with Crippen molar-refractivity contribution in [1.82, 2.24) is 14.2 Å². The standard InChI is InChI=1S/C25H33FN6O4S/c1-17-25(33)30(3)22-6-7-23(28-24(22)32(17)18-8-14-36-15-9-18)27-21-5-4-19(16-20(21)26)37(34,35)31-12-10-29(2)11-13-31/h4-7,16-18H,8-15H2,1-3H3,(H,27,28)/t17-/m1/s1. The van der Waals surface area contributed by atoms with Gasteiger partial charge in [0.25, 0.3) is 0 Å². The van der Waals surface area contributed by atoms with Crippen LogP contribution >= 0.6 is 0 Å². The van der Waals surface area contributed by atoms with Crippen molar-refractivity contribution in [2.75, 3.05) is 68.6 Å². The maximum absolute atomic E-state index is 15.1. The second kappa shape index (κ2) is 10.2. The number of benzene rings is 1. The highest BCUT2D eigenvalue weighted by Gasteiger charge is 2.39.